The molecule has 0 aliphatic rings. The zero-order valence-electron chi connectivity index (χ0n) is 13.4. The standard InChI is InChI=1S/C15H12FN7O2S/c1-8-6-12(22-21-8)18-13-11-7-17-23-14(11)20-15(19-13)26(24,25)10-4-2-9(16)3-5-10/h2-7H,1H3,(H3,17,18,19,20,21,22,23). The van der Waals surface area contributed by atoms with Gasteiger partial charge in [0.1, 0.15) is 11.6 Å². The summed E-state index contributed by atoms with van der Waals surface area (Å²) in [6, 6.07) is 6.19. The van der Waals surface area contributed by atoms with Gasteiger partial charge in [-0.2, -0.15) is 20.2 Å². The first-order valence-electron chi connectivity index (χ1n) is 7.44. The van der Waals surface area contributed by atoms with E-state index in [9.17, 15) is 12.8 Å². The third-order valence-corrected chi connectivity index (χ3v) is 5.16. The third kappa shape index (κ3) is 2.77. The number of H-pyrrole nitrogens is 2. The Balaban J connectivity index is 1.84. The van der Waals surface area contributed by atoms with Gasteiger partial charge < -0.3 is 5.32 Å². The molecule has 3 aromatic heterocycles. The lowest BCUT2D eigenvalue weighted by Crippen LogP contribution is -2.09. The number of benzene rings is 1. The van der Waals surface area contributed by atoms with E-state index in [0.717, 1.165) is 30.0 Å². The number of nitrogens with one attached hydrogen (secondary N) is 3. The van der Waals surface area contributed by atoms with E-state index in [1.165, 1.54) is 6.20 Å². The molecule has 0 saturated heterocycles. The molecule has 0 spiro atoms. The van der Waals surface area contributed by atoms with Gasteiger partial charge in [-0.15, -0.1) is 0 Å². The predicted octanol–water partition coefficient (Wildman–Crippen LogP) is 2.10. The van der Waals surface area contributed by atoms with Gasteiger partial charge in [-0.05, 0) is 31.2 Å². The summed E-state index contributed by atoms with van der Waals surface area (Å²) in [6.45, 7) is 1.83. The predicted molar refractivity (Wildman–Crippen MR) is 90.1 cm³/mol. The van der Waals surface area contributed by atoms with Crippen molar-refractivity contribution in [2.75, 3.05) is 5.32 Å². The third-order valence-electron chi connectivity index (χ3n) is 3.61. The maximum Gasteiger partial charge on any atom is 0.256 e. The molecule has 0 bridgehead atoms. The fraction of sp³-hybridized carbons (Fsp3) is 0.0667. The molecule has 4 rings (SSSR count). The number of sulfone groups is 1. The van der Waals surface area contributed by atoms with E-state index in [0.29, 0.717) is 11.2 Å². The van der Waals surface area contributed by atoms with Gasteiger partial charge in [0, 0.05) is 11.8 Å². The van der Waals surface area contributed by atoms with E-state index in [-0.39, 0.29) is 16.4 Å². The minimum Gasteiger partial charge on any atom is -0.323 e. The van der Waals surface area contributed by atoms with Crippen LogP contribution in [-0.2, 0) is 9.84 Å². The Morgan fingerprint density at radius 2 is 1.88 bits per heavy atom. The Labute approximate surface area is 146 Å². The molecule has 3 heterocycles. The number of halogens is 1. The Bertz CT molecular complexity index is 1200. The lowest BCUT2D eigenvalue weighted by Gasteiger charge is -2.07. The van der Waals surface area contributed by atoms with Gasteiger partial charge in [0.25, 0.3) is 5.16 Å². The van der Waals surface area contributed by atoms with Crippen molar-refractivity contribution >= 4 is 32.5 Å². The van der Waals surface area contributed by atoms with Crippen LogP contribution in [-0.4, -0.2) is 38.8 Å². The van der Waals surface area contributed by atoms with Crippen molar-refractivity contribution in [2.45, 2.75) is 17.0 Å². The summed E-state index contributed by atoms with van der Waals surface area (Å²) >= 11 is 0. The molecular weight excluding hydrogens is 361 g/mol. The summed E-state index contributed by atoms with van der Waals surface area (Å²) in [5.41, 5.74) is 1.07. The molecule has 4 aromatic rings. The molecule has 9 nitrogen and oxygen atoms in total. The number of aromatic amines is 2. The quantitative estimate of drug-likeness (QED) is 0.369. The van der Waals surface area contributed by atoms with Crippen LogP contribution in [0.5, 0.6) is 0 Å². The van der Waals surface area contributed by atoms with Gasteiger partial charge >= 0.3 is 0 Å². The second kappa shape index (κ2) is 5.88. The van der Waals surface area contributed by atoms with Gasteiger partial charge in [-0.3, -0.25) is 10.2 Å². The van der Waals surface area contributed by atoms with Gasteiger partial charge in [0.2, 0.25) is 9.84 Å². The summed E-state index contributed by atoms with van der Waals surface area (Å²) in [5.74, 6) is 0.162. The molecule has 0 aliphatic heterocycles. The number of fused-ring (bicyclic) bond motifs is 1. The molecule has 0 saturated carbocycles. The Morgan fingerprint density at radius 1 is 1.12 bits per heavy atom. The number of aromatic nitrogens is 6. The molecule has 132 valence electrons. The fourth-order valence-corrected chi connectivity index (χ4v) is 3.48. The lowest BCUT2D eigenvalue weighted by atomic mass is 10.4. The summed E-state index contributed by atoms with van der Waals surface area (Å²) in [4.78, 5) is 8.05. The molecule has 3 N–H and O–H groups in total. The first-order chi connectivity index (χ1) is 12.4. The topological polar surface area (TPSA) is 129 Å². The summed E-state index contributed by atoms with van der Waals surface area (Å²) in [5, 5.41) is 16.3. The van der Waals surface area contributed by atoms with Crippen LogP contribution in [0, 0.1) is 12.7 Å². The maximum absolute atomic E-state index is 13.1. The molecule has 26 heavy (non-hydrogen) atoms. The van der Waals surface area contributed by atoms with Crippen LogP contribution in [0.2, 0.25) is 0 Å². The van der Waals surface area contributed by atoms with Crippen molar-refractivity contribution in [2.24, 2.45) is 0 Å². The second-order valence-corrected chi connectivity index (χ2v) is 7.35. The largest absolute Gasteiger partial charge is 0.323 e. The molecule has 0 unspecified atom stereocenters. The SMILES string of the molecule is Cc1cc(Nc2nc(S(=O)(=O)c3ccc(F)cc3)nc3[nH]ncc23)n[nH]1. The van der Waals surface area contributed by atoms with Crippen molar-refractivity contribution < 1.29 is 12.8 Å². The summed E-state index contributed by atoms with van der Waals surface area (Å²) in [6.07, 6.45) is 1.48. The zero-order valence-corrected chi connectivity index (χ0v) is 14.2. The van der Waals surface area contributed by atoms with E-state index in [4.69, 9.17) is 0 Å². The average Bonchev–Trinajstić information content (AvgIpc) is 3.24. The Morgan fingerprint density at radius 3 is 2.58 bits per heavy atom. The molecular formula is C15H12FN7O2S. The molecule has 0 amide bonds. The fourth-order valence-electron chi connectivity index (χ4n) is 2.35. The van der Waals surface area contributed by atoms with Crippen LogP contribution in [0.15, 0.2) is 46.6 Å². The van der Waals surface area contributed by atoms with Crippen LogP contribution in [0.3, 0.4) is 0 Å². The highest BCUT2D eigenvalue weighted by Gasteiger charge is 2.24. The monoisotopic (exact) mass is 373 g/mol. The highest BCUT2D eigenvalue weighted by atomic mass is 32.2. The summed E-state index contributed by atoms with van der Waals surface area (Å²) < 4.78 is 38.7. The number of hydrogen-bond acceptors (Lipinski definition) is 7. The molecule has 0 aliphatic carbocycles. The van der Waals surface area contributed by atoms with E-state index in [2.05, 4.69) is 35.7 Å². The van der Waals surface area contributed by atoms with Crippen molar-refractivity contribution in [3.63, 3.8) is 0 Å². The number of hydrogen-bond donors (Lipinski definition) is 3. The first-order valence-corrected chi connectivity index (χ1v) is 8.92. The van der Waals surface area contributed by atoms with E-state index in [1.807, 2.05) is 6.92 Å². The van der Waals surface area contributed by atoms with E-state index >= 15 is 0 Å². The molecule has 1 aromatic carbocycles. The van der Waals surface area contributed by atoms with Crippen molar-refractivity contribution in [3.8, 4) is 0 Å². The minimum absolute atomic E-state index is 0.112. The highest BCUT2D eigenvalue weighted by Crippen LogP contribution is 2.26. The summed E-state index contributed by atoms with van der Waals surface area (Å²) in [7, 11) is -4.04. The van der Waals surface area contributed by atoms with Gasteiger partial charge in [0.15, 0.2) is 11.5 Å². The lowest BCUT2D eigenvalue weighted by molar-refractivity contribution is 0.586. The van der Waals surface area contributed by atoms with Crippen LogP contribution in [0.4, 0.5) is 16.0 Å². The molecule has 0 fully saturated rings. The van der Waals surface area contributed by atoms with Gasteiger partial charge in [0.05, 0.1) is 16.5 Å². The number of aryl methyl sites for hydroxylation is 1. The first kappa shape index (κ1) is 16.1. The Hall–Kier alpha value is -3.34. The number of nitrogens with zero attached hydrogens (tertiary/aromatic N) is 4. The van der Waals surface area contributed by atoms with Crippen LogP contribution in [0.1, 0.15) is 5.69 Å². The smallest absolute Gasteiger partial charge is 0.256 e. The van der Waals surface area contributed by atoms with E-state index in [1.54, 1.807) is 6.07 Å². The Kier molecular flexibility index (Phi) is 3.65. The van der Waals surface area contributed by atoms with Crippen molar-refractivity contribution in [1.82, 2.24) is 30.4 Å². The number of anilines is 2. The van der Waals surface area contributed by atoms with Crippen LogP contribution >= 0.6 is 0 Å². The molecule has 0 atom stereocenters. The van der Waals surface area contributed by atoms with Crippen molar-refractivity contribution in [1.29, 1.82) is 0 Å². The maximum atomic E-state index is 13.1. The normalized spacial score (nSPS) is 11.8. The molecule has 11 heteroatoms. The number of rotatable bonds is 4. The highest BCUT2D eigenvalue weighted by molar-refractivity contribution is 7.91. The molecule has 0 radical (unpaired) electrons. The zero-order chi connectivity index (χ0) is 18.3. The van der Waals surface area contributed by atoms with Gasteiger partial charge in [-0.25, -0.2) is 12.8 Å². The van der Waals surface area contributed by atoms with Crippen LogP contribution < -0.4 is 5.32 Å². The minimum atomic E-state index is -4.04. The van der Waals surface area contributed by atoms with E-state index < -0.39 is 20.8 Å². The second-order valence-electron chi connectivity index (χ2n) is 5.51. The van der Waals surface area contributed by atoms with Crippen molar-refractivity contribution in [3.05, 3.63) is 48.0 Å². The van der Waals surface area contributed by atoms with Crippen LogP contribution in [0.25, 0.3) is 11.0 Å². The average molecular weight is 373 g/mol. The van der Waals surface area contributed by atoms with Gasteiger partial charge in [-0.1, -0.05) is 0 Å².